The third kappa shape index (κ3) is 3.05. The van der Waals surface area contributed by atoms with Crippen molar-refractivity contribution in [2.45, 2.75) is 6.18 Å². The van der Waals surface area contributed by atoms with Gasteiger partial charge < -0.3 is 5.73 Å². The number of pyridine rings is 2. The fourth-order valence-electron chi connectivity index (χ4n) is 2.52. The van der Waals surface area contributed by atoms with E-state index in [4.69, 9.17) is 5.73 Å². The van der Waals surface area contributed by atoms with Crippen molar-refractivity contribution in [1.82, 2.24) is 9.97 Å². The van der Waals surface area contributed by atoms with Gasteiger partial charge in [0.1, 0.15) is 0 Å². The molecule has 2 heterocycles. The monoisotopic (exact) mass is 330 g/mol. The van der Waals surface area contributed by atoms with Gasteiger partial charge in [0, 0.05) is 28.9 Å². The lowest BCUT2D eigenvalue weighted by atomic mass is 9.94. The van der Waals surface area contributed by atoms with Gasteiger partial charge >= 0.3 is 6.18 Å². The van der Waals surface area contributed by atoms with E-state index < -0.39 is 12.1 Å². The molecule has 0 aliphatic carbocycles. The van der Waals surface area contributed by atoms with Crippen LogP contribution >= 0.6 is 0 Å². The van der Waals surface area contributed by atoms with Gasteiger partial charge in [0.25, 0.3) is 0 Å². The molecule has 4 nitrogen and oxygen atoms in total. The topological polar surface area (TPSA) is 68.9 Å². The van der Waals surface area contributed by atoms with Gasteiger partial charge in [-0.2, -0.15) is 13.2 Å². The van der Waals surface area contributed by atoms with Crippen molar-refractivity contribution < 1.29 is 18.0 Å². The summed E-state index contributed by atoms with van der Waals surface area (Å²) >= 11 is 0. The number of nitrogens with zero attached hydrogens (tertiary/aromatic N) is 2. The van der Waals surface area contributed by atoms with Gasteiger partial charge in [-0.25, -0.2) is 4.98 Å². The average Bonchev–Trinajstić information content (AvgIpc) is 2.53. The molecule has 3 rings (SSSR count). The zero-order valence-corrected chi connectivity index (χ0v) is 12.2. The van der Waals surface area contributed by atoms with Crippen LogP contribution in [-0.4, -0.2) is 22.1 Å². The minimum absolute atomic E-state index is 0.00734. The summed E-state index contributed by atoms with van der Waals surface area (Å²) in [7, 11) is 0. The van der Waals surface area contributed by atoms with Crippen LogP contribution in [0.2, 0.25) is 0 Å². The van der Waals surface area contributed by atoms with Crippen molar-refractivity contribution in [2.75, 3.05) is 0 Å². The SMILES string of the molecule is NC(=O)c1c([CH]C(F)(F)F)c(-c2cccnc2)nc2ccccc12. The number of para-hydroxylation sites is 1. The van der Waals surface area contributed by atoms with Gasteiger partial charge in [0.2, 0.25) is 5.91 Å². The molecule has 0 saturated heterocycles. The lowest BCUT2D eigenvalue weighted by Crippen LogP contribution is -2.19. The number of halogens is 3. The summed E-state index contributed by atoms with van der Waals surface area (Å²) in [4.78, 5) is 20.1. The third-order valence-corrected chi connectivity index (χ3v) is 3.42. The molecule has 0 aliphatic heterocycles. The number of carbonyl (C=O) groups excluding carboxylic acids is 1. The van der Waals surface area contributed by atoms with E-state index in [1.165, 1.54) is 18.5 Å². The minimum atomic E-state index is -4.63. The number of fused-ring (bicyclic) bond motifs is 1. The zero-order chi connectivity index (χ0) is 17.3. The molecule has 121 valence electrons. The van der Waals surface area contributed by atoms with Gasteiger partial charge in [-0.3, -0.25) is 9.78 Å². The van der Waals surface area contributed by atoms with E-state index in [1.54, 1.807) is 30.3 Å². The Balaban J connectivity index is 2.40. The van der Waals surface area contributed by atoms with E-state index >= 15 is 0 Å². The van der Waals surface area contributed by atoms with Crippen LogP contribution in [-0.2, 0) is 0 Å². The van der Waals surface area contributed by atoms with E-state index in [0.717, 1.165) is 0 Å². The highest BCUT2D eigenvalue weighted by Gasteiger charge is 2.33. The van der Waals surface area contributed by atoms with Gasteiger partial charge in [-0.1, -0.05) is 18.2 Å². The second kappa shape index (κ2) is 5.92. The Labute approximate surface area is 135 Å². The largest absolute Gasteiger partial charge is 0.396 e. The van der Waals surface area contributed by atoms with Gasteiger partial charge in [-0.15, -0.1) is 0 Å². The van der Waals surface area contributed by atoms with Crippen molar-refractivity contribution >= 4 is 16.8 Å². The molecule has 0 spiro atoms. The molecule has 0 bridgehead atoms. The first-order chi connectivity index (χ1) is 11.4. The summed E-state index contributed by atoms with van der Waals surface area (Å²) in [6.07, 6.45) is -1.71. The van der Waals surface area contributed by atoms with Crippen LogP contribution in [0.4, 0.5) is 13.2 Å². The first-order valence-electron chi connectivity index (χ1n) is 6.92. The standard InChI is InChI=1S/C17H11F3N3O/c18-17(19,20)8-12-14(16(21)24)11-5-1-2-6-13(11)23-15(12)10-4-3-7-22-9-10/h1-9H,(H2,21,24). The van der Waals surface area contributed by atoms with Crippen molar-refractivity contribution in [3.05, 3.63) is 66.3 Å². The zero-order valence-electron chi connectivity index (χ0n) is 12.2. The van der Waals surface area contributed by atoms with E-state index in [-0.39, 0.29) is 28.6 Å². The number of nitrogens with two attached hydrogens (primary N) is 1. The number of hydrogen-bond donors (Lipinski definition) is 1. The highest BCUT2D eigenvalue weighted by atomic mass is 19.4. The van der Waals surface area contributed by atoms with Crippen molar-refractivity contribution in [3.63, 3.8) is 0 Å². The Kier molecular flexibility index (Phi) is 3.92. The molecule has 0 aliphatic rings. The quantitative estimate of drug-likeness (QED) is 0.799. The lowest BCUT2D eigenvalue weighted by molar-refractivity contribution is -0.0927. The summed E-state index contributed by atoms with van der Waals surface area (Å²) in [5.41, 5.74) is 5.55. The molecule has 24 heavy (non-hydrogen) atoms. The Morgan fingerprint density at radius 1 is 1.12 bits per heavy atom. The smallest absolute Gasteiger partial charge is 0.366 e. The maximum atomic E-state index is 13.0. The van der Waals surface area contributed by atoms with E-state index in [1.807, 2.05) is 0 Å². The Bertz CT molecular complexity index is 908. The van der Waals surface area contributed by atoms with Crippen LogP contribution in [0, 0.1) is 6.42 Å². The van der Waals surface area contributed by atoms with Crippen molar-refractivity contribution in [2.24, 2.45) is 5.73 Å². The Morgan fingerprint density at radius 2 is 1.88 bits per heavy atom. The van der Waals surface area contributed by atoms with E-state index in [2.05, 4.69) is 9.97 Å². The number of primary amides is 1. The summed E-state index contributed by atoms with van der Waals surface area (Å²) in [5, 5.41) is 0.271. The first kappa shape index (κ1) is 15.9. The summed E-state index contributed by atoms with van der Waals surface area (Å²) in [5.74, 6) is -0.950. The van der Waals surface area contributed by atoms with E-state index in [0.29, 0.717) is 11.1 Å². The van der Waals surface area contributed by atoms with Crippen molar-refractivity contribution in [1.29, 1.82) is 0 Å². The number of alkyl halides is 3. The molecule has 3 aromatic rings. The average molecular weight is 330 g/mol. The van der Waals surface area contributed by atoms with E-state index in [9.17, 15) is 18.0 Å². The molecule has 2 N–H and O–H groups in total. The predicted octanol–water partition coefficient (Wildman–Crippen LogP) is 3.51. The number of carbonyl (C=O) groups is 1. The van der Waals surface area contributed by atoms with Crippen LogP contribution in [0.3, 0.4) is 0 Å². The number of amides is 1. The van der Waals surface area contributed by atoms with Crippen molar-refractivity contribution in [3.8, 4) is 11.3 Å². The fraction of sp³-hybridized carbons (Fsp3) is 0.0588. The Hall–Kier alpha value is -2.96. The fourth-order valence-corrected chi connectivity index (χ4v) is 2.52. The number of hydrogen-bond acceptors (Lipinski definition) is 3. The number of rotatable bonds is 3. The van der Waals surface area contributed by atoms with Gasteiger partial charge in [0.15, 0.2) is 0 Å². The first-order valence-corrected chi connectivity index (χ1v) is 6.92. The molecule has 1 amide bonds. The summed E-state index contributed by atoms with van der Waals surface area (Å²) < 4.78 is 39.1. The van der Waals surface area contributed by atoms with Gasteiger partial charge in [0.05, 0.1) is 23.2 Å². The third-order valence-electron chi connectivity index (χ3n) is 3.42. The predicted molar refractivity (Wildman–Crippen MR) is 82.9 cm³/mol. The summed E-state index contributed by atoms with van der Waals surface area (Å²) in [6, 6.07) is 9.57. The Morgan fingerprint density at radius 3 is 2.50 bits per heavy atom. The maximum absolute atomic E-state index is 13.0. The molecular formula is C17H11F3N3O. The molecule has 2 aromatic heterocycles. The molecule has 7 heteroatoms. The highest BCUT2D eigenvalue weighted by molar-refractivity contribution is 6.08. The van der Waals surface area contributed by atoms with Crippen LogP contribution in [0.1, 0.15) is 15.9 Å². The second-order valence-electron chi connectivity index (χ2n) is 5.06. The van der Waals surface area contributed by atoms with Crippen LogP contribution in [0.15, 0.2) is 48.8 Å². The summed E-state index contributed by atoms with van der Waals surface area (Å²) in [6.45, 7) is 0. The van der Waals surface area contributed by atoms with Crippen LogP contribution in [0.25, 0.3) is 22.2 Å². The molecule has 0 saturated carbocycles. The molecule has 0 unspecified atom stereocenters. The number of benzene rings is 1. The maximum Gasteiger partial charge on any atom is 0.396 e. The molecule has 1 aromatic carbocycles. The lowest BCUT2D eigenvalue weighted by Gasteiger charge is -2.16. The minimum Gasteiger partial charge on any atom is -0.366 e. The normalized spacial score (nSPS) is 11.6. The highest BCUT2D eigenvalue weighted by Crippen LogP contribution is 2.35. The van der Waals surface area contributed by atoms with Crippen LogP contribution in [0.5, 0.6) is 0 Å². The van der Waals surface area contributed by atoms with Gasteiger partial charge in [-0.05, 0) is 18.2 Å². The molecular weight excluding hydrogens is 319 g/mol. The molecule has 0 atom stereocenters. The molecule has 0 fully saturated rings. The second-order valence-corrected chi connectivity index (χ2v) is 5.06. The number of aromatic nitrogens is 2. The van der Waals surface area contributed by atoms with Crippen LogP contribution < -0.4 is 5.73 Å². The molecule has 1 radical (unpaired) electrons.